The van der Waals surface area contributed by atoms with E-state index in [0.717, 1.165) is 16.9 Å². The molecule has 35 heavy (non-hydrogen) atoms. The molecule has 1 aromatic heterocycles. The molecule has 7 rings (SSSR count). The van der Waals surface area contributed by atoms with Gasteiger partial charge in [0.2, 0.25) is 0 Å². The summed E-state index contributed by atoms with van der Waals surface area (Å²) in [5.74, 6) is 2.12. The predicted octanol–water partition coefficient (Wildman–Crippen LogP) is 4.72. The lowest BCUT2D eigenvalue weighted by Crippen LogP contribution is -2.34. The van der Waals surface area contributed by atoms with Crippen LogP contribution in [0.25, 0.3) is 22.2 Å². The largest absolute Gasteiger partial charge is 0.486 e. The van der Waals surface area contributed by atoms with Gasteiger partial charge in [0.15, 0.2) is 23.0 Å². The summed E-state index contributed by atoms with van der Waals surface area (Å²) in [6.07, 6.45) is 0.973. The van der Waals surface area contributed by atoms with Gasteiger partial charge in [-0.2, -0.15) is 0 Å². The maximum absolute atomic E-state index is 13.8. The summed E-state index contributed by atoms with van der Waals surface area (Å²) in [5, 5.41) is 8.55. The zero-order valence-electron chi connectivity index (χ0n) is 18.8. The fraction of sp³-hybridized carbons (Fsp3) is 0.222. The zero-order chi connectivity index (χ0) is 23.5. The van der Waals surface area contributed by atoms with Crippen molar-refractivity contribution in [3.05, 3.63) is 59.7 Å². The Morgan fingerprint density at radius 2 is 1.66 bits per heavy atom. The van der Waals surface area contributed by atoms with E-state index in [1.54, 1.807) is 0 Å². The average molecular weight is 467 g/mol. The molecule has 1 N–H and O–H groups in total. The minimum atomic E-state index is -0.0817. The Morgan fingerprint density at radius 3 is 2.49 bits per heavy atom. The van der Waals surface area contributed by atoms with Gasteiger partial charge in [-0.3, -0.25) is 9.59 Å². The number of hydrogen-bond acceptors (Lipinski definition) is 8. The summed E-state index contributed by atoms with van der Waals surface area (Å²) >= 11 is 0. The van der Waals surface area contributed by atoms with Gasteiger partial charge < -0.3 is 24.2 Å². The van der Waals surface area contributed by atoms with Gasteiger partial charge in [0.1, 0.15) is 24.5 Å². The number of nitrogens with one attached hydrogen (secondary N) is 1. The van der Waals surface area contributed by atoms with Crippen molar-refractivity contribution >= 4 is 39.5 Å². The maximum atomic E-state index is 13.8. The van der Waals surface area contributed by atoms with Crippen LogP contribution in [0.15, 0.2) is 53.1 Å². The first-order valence-corrected chi connectivity index (χ1v) is 11.7. The van der Waals surface area contributed by atoms with Gasteiger partial charge in [0.25, 0.3) is 0 Å². The van der Waals surface area contributed by atoms with Gasteiger partial charge in [0.05, 0.1) is 22.3 Å². The van der Waals surface area contributed by atoms with Crippen LogP contribution in [0.2, 0.25) is 0 Å². The Hall–Kier alpha value is -4.33. The maximum Gasteiger partial charge on any atom is 0.196 e. The number of rotatable bonds is 3. The fourth-order valence-corrected chi connectivity index (χ4v) is 5.16. The number of benzene rings is 3. The van der Waals surface area contributed by atoms with Gasteiger partial charge in [-0.05, 0) is 18.2 Å². The second-order valence-electron chi connectivity index (χ2n) is 8.94. The first-order valence-electron chi connectivity index (χ1n) is 11.7. The average Bonchev–Trinajstić information content (AvgIpc) is 3.33. The molecule has 4 aromatic rings. The third-order valence-corrected chi connectivity index (χ3v) is 6.86. The van der Waals surface area contributed by atoms with Crippen LogP contribution >= 0.6 is 0 Å². The van der Waals surface area contributed by atoms with Crippen LogP contribution in [0.5, 0.6) is 11.5 Å². The number of Topliss-reactive ketones (excluding diaryl/α,β-unsaturated/α-hetero) is 1. The van der Waals surface area contributed by atoms with Gasteiger partial charge in [-0.1, -0.05) is 29.4 Å². The third-order valence-electron chi connectivity index (χ3n) is 6.86. The smallest absolute Gasteiger partial charge is 0.196 e. The van der Waals surface area contributed by atoms with E-state index in [1.165, 1.54) is 0 Å². The molecule has 0 saturated carbocycles. The predicted molar refractivity (Wildman–Crippen MR) is 130 cm³/mol. The van der Waals surface area contributed by atoms with Crippen LogP contribution in [0.4, 0.5) is 17.1 Å². The molecule has 3 aromatic carbocycles. The number of carbonyl (C=O) groups is 2. The number of hydrogen-bond donors (Lipinski definition) is 1. The highest BCUT2D eigenvalue weighted by atomic mass is 16.6. The van der Waals surface area contributed by atoms with Crippen LogP contribution in [-0.4, -0.2) is 43.0 Å². The Bertz CT molecular complexity index is 1530. The van der Waals surface area contributed by atoms with E-state index in [0.29, 0.717) is 84.1 Å². The summed E-state index contributed by atoms with van der Waals surface area (Å²) in [7, 11) is 0. The molecule has 0 bridgehead atoms. The third kappa shape index (κ3) is 3.10. The second-order valence-corrected chi connectivity index (χ2v) is 8.94. The van der Waals surface area contributed by atoms with Gasteiger partial charge in [-0.25, -0.2) is 0 Å². The summed E-state index contributed by atoms with van der Waals surface area (Å²) in [6, 6.07) is 15.0. The van der Waals surface area contributed by atoms with Crippen molar-refractivity contribution in [1.29, 1.82) is 0 Å². The molecule has 0 atom stereocenters. The number of anilines is 3. The minimum absolute atomic E-state index is 0.0817. The van der Waals surface area contributed by atoms with Crippen molar-refractivity contribution in [3.63, 3.8) is 0 Å². The molecule has 3 aliphatic rings. The molecule has 2 aliphatic heterocycles. The minimum Gasteiger partial charge on any atom is -0.486 e. The number of fused-ring (bicyclic) bond motifs is 3. The monoisotopic (exact) mass is 467 g/mol. The molecule has 174 valence electrons. The van der Waals surface area contributed by atoms with Crippen molar-refractivity contribution < 1.29 is 23.6 Å². The molecule has 0 spiro atoms. The van der Waals surface area contributed by atoms with Crippen molar-refractivity contribution in [2.75, 3.05) is 36.5 Å². The van der Waals surface area contributed by atoms with E-state index in [1.807, 2.05) is 48.5 Å². The molecule has 0 radical (unpaired) electrons. The molecule has 1 aliphatic carbocycles. The van der Waals surface area contributed by atoms with Gasteiger partial charge >= 0.3 is 0 Å². The molecular weight excluding hydrogens is 446 g/mol. The molecule has 0 unspecified atom stereocenters. The Morgan fingerprint density at radius 1 is 0.886 bits per heavy atom. The number of carbonyl (C=O) groups excluding carboxylic acids is 2. The van der Waals surface area contributed by atoms with Crippen molar-refractivity contribution in [3.8, 4) is 22.8 Å². The lowest BCUT2D eigenvalue weighted by atomic mass is 9.86. The molecule has 3 heterocycles. The summed E-state index contributed by atoms with van der Waals surface area (Å²) in [4.78, 5) is 27.8. The number of nitrogens with zero attached hydrogens (tertiary/aromatic N) is 2. The quantitative estimate of drug-likeness (QED) is 0.407. The number of aromatic nitrogens is 1. The van der Waals surface area contributed by atoms with Crippen LogP contribution in [0.1, 0.15) is 28.8 Å². The lowest BCUT2D eigenvalue weighted by Gasteiger charge is -2.29. The first-order chi connectivity index (χ1) is 17.2. The van der Waals surface area contributed by atoms with Crippen molar-refractivity contribution in [2.24, 2.45) is 0 Å². The van der Waals surface area contributed by atoms with E-state index in [4.69, 9.17) is 14.0 Å². The van der Waals surface area contributed by atoms with Crippen LogP contribution in [0.3, 0.4) is 0 Å². The Labute approximate surface area is 200 Å². The van der Waals surface area contributed by atoms with Crippen molar-refractivity contribution in [1.82, 2.24) is 5.16 Å². The van der Waals surface area contributed by atoms with Crippen LogP contribution in [0, 0.1) is 0 Å². The van der Waals surface area contributed by atoms with Gasteiger partial charge in [0, 0.05) is 48.8 Å². The number of piperidine rings is 1. The zero-order valence-corrected chi connectivity index (χ0v) is 18.8. The SMILES string of the molecule is O=C1CCN(c2cc(Nc3ccc4c(c3)OCCO4)c3c4c(onc24)-c2ccccc2C3=O)CC1. The summed E-state index contributed by atoms with van der Waals surface area (Å²) in [5.41, 5.74) is 4.77. The molecule has 1 fully saturated rings. The molecule has 8 heteroatoms. The number of ether oxygens (including phenoxy) is 2. The van der Waals surface area contributed by atoms with E-state index >= 15 is 0 Å². The van der Waals surface area contributed by atoms with Crippen LogP contribution < -0.4 is 19.7 Å². The topological polar surface area (TPSA) is 93.9 Å². The van der Waals surface area contributed by atoms with Crippen LogP contribution in [-0.2, 0) is 4.79 Å². The van der Waals surface area contributed by atoms with Crippen molar-refractivity contribution in [2.45, 2.75) is 12.8 Å². The van der Waals surface area contributed by atoms with Gasteiger partial charge in [-0.15, -0.1) is 0 Å². The van der Waals surface area contributed by atoms with E-state index in [9.17, 15) is 9.59 Å². The standard InChI is InChI=1S/C27H21N3O5/c31-16-7-9-30(10-8-16)20-14-19(28-15-5-6-21-22(13-15)34-12-11-33-21)23-24-25(20)29-35-27(24)18-4-2-1-3-17(18)26(23)32/h1-6,13-14,28H,7-12H2. The highest BCUT2D eigenvalue weighted by molar-refractivity contribution is 6.28. The second kappa shape index (κ2) is 7.59. The molecule has 1 saturated heterocycles. The molecule has 8 nitrogen and oxygen atoms in total. The molecule has 0 amide bonds. The lowest BCUT2D eigenvalue weighted by molar-refractivity contribution is -0.119. The molecular formula is C27H21N3O5. The Kier molecular flexibility index (Phi) is 4.36. The summed E-state index contributed by atoms with van der Waals surface area (Å²) in [6.45, 7) is 2.21. The van der Waals surface area contributed by atoms with E-state index in [2.05, 4.69) is 15.4 Å². The highest BCUT2D eigenvalue weighted by Crippen LogP contribution is 2.47. The highest BCUT2D eigenvalue weighted by Gasteiger charge is 2.34. The first kappa shape index (κ1) is 20.1. The van der Waals surface area contributed by atoms with E-state index < -0.39 is 0 Å². The summed E-state index contributed by atoms with van der Waals surface area (Å²) < 4.78 is 17.2. The number of ketones is 2. The normalized spacial score (nSPS) is 16.4. The van der Waals surface area contributed by atoms with E-state index in [-0.39, 0.29) is 11.6 Å². The fourth-order valence-electron chi connectivity index (χ4n) is 5.16. The Balaban J connectivity index is 1.42.